The second-order valence-corrected chi connectivity index (χ2v) is 2.41. The Morgan fingerprint density at radius 2 is 2.27 bits per heavy atom. The summed E-state index contributed by atoms with van der Waals surface area (Å²) in [4.78, 5) is 13.3. The first kappa shape index (κ1) is 7.79. The molecule has 11 heavy (non-hydrogen) atoms. The Bertz CT molecular complexity index is 302. The van der Waals surface area contributed by atoms with Crippen molar-refractivity contribution < 1.29 is 0 Å². The number of aromatic amines is 1. The second-order valence-electron chi connectivity index (χ2n) is 2.41. The molecule has 0 amide bonds. The summed E-state index contributed by atoms with van der Waals surface area (Å²) in [5.41, 5.74) is 2.17. The topological polar surface area (TPSA) is 32.9 Å². The van der Waals surface area contributed by atoms with Crippen molar-refractivity contribution in [2.75, 3.05) is 0 Å². The van der Waals surface area contributed by atoms with Gasteiger partial charge < -0.3 is 4.98 Å². The summed E-state index contributed by atoms with van der Waals surface area (Å²) < 4.78 is 0. The van der Waals surface area contributed by atoms with Crippen LogP contribution >= 0.6 is 0 Å². The van der Waals surface area contributed by atoms with Gasteiger partial charge in [0.05, 0.1) is 0 Å². The van der Waals surface area contributed by atoms with Crippen LogP contribution in [0.4, 0.5) is 0 Å². The molecule has 0 bridgehead atoms. The highest BCUT2D eigenvalue weighted by atomic mass is 16.1. The third-order valence-electron chi connectivity index (χ3n) is 1.67. The van der Waals surface area contributed by atoms with Crippen LogP contribution in [-0.2, 0) is 0 Å². The number of hydrogen-bond acceptors (Lipinski definition) is 1. The molecule has 0 spiro atoms. The molecule has 0 unspecified atom stereocenters. The first-order valence-electron chi connectivity index (χ1n) is 3.56. The van der Waals surface area contributed by atoms with Crippen molar-refractivity contribution in [3.8, 4) is 0 Å². The van der Waals surface area contributed by atoms with Crippen LogP contribution in [0.15, 0.2) is 29.2 Å². The van der Waals surface area contributed by atoms with E-state index in [1.807, 2.05) is 26.0 Å². The molecule has 0 saturated heterocycles. The molecule has 58 valence electrons. The Balaban J connectivity index is 3.09. The van der Waals surface area contributed by atoms with E-state index in [0.717, 1.165) is 5.56 Å². The van der Waals surface area contributed by atoms with Crippen molar-refractivity contribution in [2.24, 2.45) is 0 Å². The molecule has 1 heterocycles. The molecular formula is C9H11NO. The number of allylic oxidation sites excluding steroid dienone is 2. The molecule has 1 N–H and O–H groups in total. The van der Waals surface area contributed by atoms with Crippen molar-refractivity contribution in [3.05, 3.63) is 40.3 Å². The van der Waals surface area contributed by atoms with Gasteiger partial charge in [-0.25, -0.2) is 0 Å². The van der Waals surface area contributed by atoms with Crippen LogP contribution in [0, 0.1) is 0 Å². The zero-order valence-electron chi connectivity index (χ0n) is 6.72. The molecule has 0 atom stereocenters. The fourth-order valence-electron chi connectivity index (χ4n) is 0.823. The third kappa shape index (κ3) is 1.80. The van der Waals surface area contributed by atoms with E-state index < -0.39 is 0 Å². The monoisotopic (exact) mass is 149 g/mol. The average Bonchev–Trinajstić information content (AvgIpc) is 2.05. The van der Waals surface area contributed by atoms with Gasteiger partial charge in [0.1, 0.15) is 0 Å². The molecule has 0 aromatic carbocycles. The fourth-order valence-corrected chi connectivity index (χ4v) is 0.823. The maximum atomic E-state index is 10.7. The summed E-state index contributed by atoms with van der Waals surface area (Å²) in [5, 5.41) is 0. The van der Waals surface area contributed by atoms with E-state index in [4.69, 9.17) is 0 Å². The minimum absolute atomic E-state index is 0.0577. The van der Waals surface area contributed by atoms with Gasteiger partial charge >= 0.3 is 0 Å². The molecule has 0 fully saturated rings. The van der Waals surface area contributed by atoms with Crippen molar-refractivity contribution in [3.63, 3.8) is 0 Å². The second kappa shape index (κ2) is 3.19. The van der Waals surface area contributed by atoms with Crippen molar-refractivity contribution in [1.29, 1.82) is 0 Å². The molecule has 0 aliphatic rings. The fraction of sp³-hybridized carbons (Fsp3) is 0.222. The Morgan fingerprint density at radius 1 is 1.55 bits per heavy atom. The summed E-state index contributed by atoms with van der Waals surface area (Å²) in [7, 11) is 0. The molecule has 2 heteroatoms. The van der Waals surface area contributed by atoms with E-state index in [9.17, 15) is 4.79 Å². The van der Waals surface area contributed by atoms with Gasteiger partial charge in [0.25, 0.3) is 0 Å². The molecular weight excluding hydrogens is 138 g/mol. The minimum atomic E-state index is -0.0577. The number of rotatable bonds is 1. The number of aromatic nitrogens is 1. The van der Waals surface area contributed by atoms with Gasteiger partial charge in [-0.1, -0.05) is 6.08 Å². The van der Waals surface area contributed by atoms with Gasteiger partial charge in [-0.3, -0.25) is 4.79 Å². The SMILES string of the molecule is C/C=C(/C)c1ccc(=O)[nH]c1. The Kier molecular flexibility index (Phi) is 2.26. The van der Waals surface area contributed by atoms with Gasteiger partial charge in [0.2, 0.25) is 5.56 Å². The highest BCUT2D eigenvalue weighted by Crippen LogP contribution is 2.08. The summed E-state index contributed by atoms with van der Waals surface area (Å²) in [5.74, 6) is 0. The number of nitrogens with one attached hydrogen (secondary N) is 1. The van der Waals surface area contributed by atoms with Crippen LogP contribution in [0.25, 0.3) is 5.57 Å². The van der Waals surface area contributed by atoms with Crippen LogP contribution in [0.1, 0.15) is 19.4 Å². The molecule has 2 nitrogen and oxygen atoms in total. The van der Waals surface area contributed by atoms with Crippen molar-refractivity contribution >= 4 is 5.57 Å². The molecule has 0 radical (unpaired) electrons. The van der Waals surface area contributed by atoms with E-state index in [2.05, 4.69) is 4.98 Å². The third-order valence-corrected chi connectivity index (χ3v) is 1.67. The standard InChI is InChI=1S/C9H11NO/c1-3-7(2)8-4-5-9(11)10-6-8/h3-6H,1-2H3,(H,10,11)/b7-3-. The van der Waals surface area contributed by atoms with E-state index in [1.165, 1.54) is 11.6 Å². The zero-order chi connectivity index (χ0) is 8.27. The van der Waals surface area contributed by atoms with Crippen molar-refractivity contribution in [1.82, 2.24) is 4.98 Å². The first-order chi connectivity index (χ1) is 5.24. The predicted octanol–water partition coefficient (Wildman–Crippen LogP) is 1.80. The molecule has 0 aliphatic heterocycles. The molecule has 0 saturated carbocycles. The summed E-state index contributed by atoms with van der Waals surface area (Å²) in [6.07, 6.45) is 3.73. The van der Waals surface area contributed by atoms with Crippen molar-refractivity contribution in [2.45, 2.75) is 13.8 Å². The summed E-state index contributed by atoms with van der Waals surface area (Å²) in [6, 6.07) is 3.34. The molecule has 1 aromatic rings. The molecule has 1 rings (SSSR count). The van der Waals surface area contributed by atoms with Gasteiger partial charge in [0.15, 0.2) is 0 Å². The number of H-pyrrole nitrogens is 1. The Hall–Kier alpha value is -1.31. The first-order valence-corrected chi connectivity index (χ1v) is 3.56. The van der Waals surface area contributed by atoms with Crippen LogP contribution in [0.2, 0.25) is 0 Å². The maximum absolute atomic E-state index is 10.7. The van der Waals surface area contributed by atoms with E-state index in [1.54, 1.807) is 6.20 Å². The highest BCUT2D eigenvalue weighted by molar-refractivity contribution is 5.62. The lowest BCUT2D eigenvalue weighted by molar-refractivity contribution is 1.22. The quantitative estimate of drug-likeness (QED) is 0.648. The lowest BCUT2D eigenvalue weighted by atomic mass is 10.1. The number of pyridine rings is 1. The Labute approximate surface area is 65.6 Å². The summed E-state index contributed by atoms with van der Waals surface area (Å²) in [6.45, 7) is 3.98. The average molecular weight is 149 g/mol. The van der Waals surface area contributed by atoms with Gasteiger partial charge in [0, 0.05) is 12.3 Å². The van der Waals surface area contributed by atoms with Gasteiger partial charge in [-0.05, 0) is 31.1 Å². The minimum Gasteiger partial charge on any atom is -0.329 e. The van der Waals surface area contributed by atoms with Gasteiger partial charge in [-0.15, -0.1) is 0 Å². The van der Waals surface area contributed by atoms with E-state index in [-0.39, 0.29) is 5.56 Å². The van der Waals surface area contributed by atoms with E-state index >= 15 is 0 Å². The van der Waals surface area contributed by atoms with Gasteiger partial charge in [-0.2, -0.15) is 0 Å². The predicted molar refractivity (Wildman–Crippen MR) is 46.4 cm³/mol. The van der Waals surface area contributed by atoms with E-state index in [0.29, 0.717) is 0 Å². The lowest BCUT2D eigenvalue weighted by Gasteiger charge is -1.97. The Morgan fingerprint density at radius 3 is 2.73 bits per heavy atom. The highest BCUT2D eigenvalue weighted by Gasteiger charge is 1.91. The number of hydrogen-bond donors (Lipinski definition) is 1. The van der Waals surface area contributed by atoms with Crippen LogP contribution in [0.3, 0.4) is 0 Å². The maximum Gasteiger partial charge on any atom is 0.247 e. The largest absolute Gasteiger partial charge is 0.329 e. The van der Waals surface area contributed by atoms with Crippen LogP contribution in [0.5, 0.6) is 0 Å². The van der Waals surface area contributed by atoms with Crippen LogP contribution < -0.4 is 5.56 Å². The summed E-state index contributed by atoms with van der Waals surface area (Å²) >= 11 is 0. The molecule has 0 aliphatic carbocycles. The molecule has 1 aromatic heterocycles. The normalized spacial score (nSPS) is 11.6. The van der Waals surface area contributed by atoms with Crippen LogP contribution in [-0.4, -0.2) is 4.98 Å². The zero-order valence-corrected chi connectivity index (χ0v) is 6.72. The lowest BCUT2D eigenvalue weighted by Crippen LogP contribution is -2.01. The smallest absolute Gasteiger partial charge is 0.247 e.